The van der Waals surface area contributed by atoms with Crippen molar-refractivity contribution in [2.45, 2.75) is 26.3 Å². The van der Waals surface area contributed by atoms with Gasteiger partial charge in [-0.15, -0.1) is 0 Å². The molecule has 128 valence electrons. The first-order chi connectivity index (χ1) is 11.0. The number of carbonyl (C=O) groups excluding carboxylic acids is 2. The summed E-state index contributed by atoms with van der Waals surface area (Å²) in [5.41, 5.74) is 0.716. The third-order valence-electron chi connectivity index (χ3n) is 3.54. The quantitative estimate of drug-likeness (QED) is 0.679. The van der Waals surface area contributed by atoms with Gasteiger partial charge in [0.25, 0.3) is 0 Å². The molecule has 0 unspecified atom stereocenters. The Morgan fingerprint density at radius 2 is 1.83 bits per heavy atom. The summed E-state index contributed by atoms with van der Waals surface area (Å²) in [6.07, 6.45) is 0.837. The van der Waals surface area contributed by atoms with E-state index < -0.39 is 6.04 Å². The molecule has 6 heteroatoms. The van der Waals surface area contributed by atoms with Gasteiger partial charge in [-0.05, 0) is 17.9 Å². The van der Waals surface area contributed by atoms with Crippen molar-refractivity contribution in [3.63, 3.8) is 0 Å². The maximum atomic E-state index is 12.5. The van der Waals surface area contributed by atoms with E-state index in [0.717, 1.165) is 6.42 Å². The number of likely N-dealkylation sites (N-methyl/N-ethyl adjacent to an activating group) is 1. The van der Waals surface area contributed by atoms with Gasteiger partial charge in [0.05, 0.1) is 6.61 Å². The number of urea groups is 1. The Kier molecular flexibility index (Phi) is 8.11. The zero-order valence-electron chi connectivity index (χ0n) is 14.1. The lowest BCUT2D eigenvalue weighted by Crippen LogP contribution is -2.47. The summed E-state index contributed by atoms with van der Waals surface area (Å²) >= 11 is 0. The normalized spacial score (nSPS) is 11.9. The summed E-state index contributed by atoms with van der Waals surface area (Å²) in [6, 6.07) is 7.98. The van der Waals surface area contributed by atoms with E-state index in [4.69, 9.17) is 5.11 Å². The number of rotatable bonds is 8. The molecule has 0 fully saturated rings. The second-order valence-electron chi connectivity index (χ2n) is 5.80. The molecule has 0 aliphatic carbocycles. The van der Waals surface area contributed by atoms with Gasteiger partial charge in [0.15, 0.2) is 0 Å². The minimum atomic E-state index is -0.756. The third kappa shape index (κ3) is 6.28. The van der Waals surface area contributed by atoms with E-state index in [1.165, 1.54) is 7.05 Å². The molecule has 0 radical (unpaired) electrons. The zero-order chi connectivity index (χ0) is 17.2. The van der Waals surface area contributed by atoms with Crippen LogP contribution in [0.25, 0.3) is 0 Å². The fourth-order valence-electron chi connectivity index (χ4n) is 2.15. The van der Waals surface area contributed by atoms with Gasteiger partial charge in [-0.2, -0.15) is 0 Å². The first-order valence-electron chi connectivity index (χ1n) is 7.92. The molecule has 23 heavy (non-hydrogen) atoms. The van der Waals surface area contributed by atoms with Gasteiger partial charge in [-0.3, -0.25) is 4.79 Å². The lowest BCUT2D eigenvalue weighted by molar-refractivity contribution is -0.122. The maximum absolute atomic E-state index is 12.5. The Balaban J connectivity index is 2.83. The fourth-order valence-corrected chi connectivity index (χ4v) is 2.15. The smallest absolute Gasteiger partial charge is 0.318 e. The van der Waals surface area contributed by atoms with Crippen molar-refractivity contribution < 1.29 is 14.7 Å². The molecule has 3 N–H and O–H groups in total. The summed E-state index contributed by atoms with van der Waals surface area (Å²) < 4.78 is 0. The van der Waals surface area contributed by atoms with Crippen molar-refractivity contribution in [3.05, 3.63) is 35.9 Å². The van der Waals surface area contributed by atoms with Crippen LogP contribution in [0.1, 0.15) is 31.9 Å². The van der Waals surface area contributed by atoms with E-state index in [0.29, 0.717) is 18.0 Å². The van der Waals surface area contributed by atoms with Crippen LogP contribution in [0.4, 0.5) is 4.79 Å². The lowest BCUT2D eigenvalue weighted by Gasteiger charge is -2.26. The number of aliphatic hydroxyl groups is 1. The molecule has 1 aromatic carbocycles. The molecule has 0 aromatic heterocycles. The molecule has 1 rings (SSSR count). The lowest BCUT2D eigenvalue weighted by atomic mass is 10.1. The number of carbonyl (C=O) groups is 2. The summed E-state index contributed by atoms with van der Waals surface area (Å²) in [5.74, 6) is 0.171. The molecule has 1 atom stereocenters. The van der Waals surface area contributed by atoms with Crippen molar-refractivity contribution in [1.29, 1.82) is 0 Å². The molecule has 3 amide bonds. The maximum Gasteiger partial charge on any atom is 0.318 e. The van der Waals surface area contributed by atoms with Crippen LogP contribution in [0.2, 0.25) is 0 Å². The van der Waals surface area contributed by atoms with Gasteiger partial charge in [0.1, 0.15) is 6.04 Å². The van der Waals surface area contributed by atoms with Crippen LogP contribution in [-0.4, -0.2) is 48.7 Å². The number of nitrogens with one attached hydrogen (secondary N) is 2. The van der Waals surface area contributed by atoms with Crippen molar-refractivity contribution in [1.82, 2.24) is 15.5 Å². The van der Waals surface area contributed by atoms with Crippen LogP contribution in [0.15, 0.2) is 30.3 Å². The van der Waals surface area contributed by atoms with Crippen LogP contribution in [0.3, 0.4) is 0 Å². The third-order valence-corrected chi connectivity index (χ3v) is 3.54. The predicted octanol–water partition coefficient (Wildman–Crippen LogP) is 1.52. The number of benzene rings is 1. The zero-order valence-corrected chi connectivity index (χ0v) is 14.1. The number of hydrogen-bond acceptors (Lipinski definition) is 3. The average Bonchev–Trinajstić information content (AvgIpc) is 2.56. The molecule has 0 aliphatic rings. The second kappa shape index (κ2) is 9.84. The molecule has 6 nitrogen and oxygen atoms in total. The van der Waals surface area contributed by atoms with E-state index in [1.807, 2.05) is 18.2 Å². The van der Waals surface area contributed by atoms with E-state index in [-0.39, 0.29) is 25.1 Å². The molecule has 0 spiro atoms. The number of nitrogens with zero attached hydrogens (tertiary/aromatic N) is 1. The van der Waals surface area contributed by atoms with Crippen LogP contribution in [0.5, 0.6) is 0 Å². The van der Waals surface area contributed by atoms with Crippen LogP contribution < -0.4 is 10.6 Å². The van der Waals surface area contributed by atoms with Crippen molar-refractivity contribution in [2.75, 3.05) is 26.7 Å². The van der Waals surface area contributed by atoms with E-state index >= 15 is 0 Å². The van der Waals surface area contributed by atoms with Gasteiger partial charge in [0, 0.05) is 20.1 Å². The van der Waals surface area contributed by atoms with Gasteiger partial charge in [-0.1, -0.05) is 44.2 Å². The van der Waals surface area contributed by atoms with Gasteiger partial charge in [-0.25, -0.2) is 4.79 Å². The largest absolute Gasteiger partial charge is 0.395 e. The minimum Gasteiger partial charge on any atom is -0.395 e. The Labute approximate surface area is 137 Å². The first-order valence-corrected chi connectivity index (χ1v) is 7.92. The van der Waals surface area contributed by atoms with Crippen LogP contribution >= 0.6 is 0 Å². The van der Waals surface area contributed by atoms with Crippen molar-refractivity contribution in [2.24, 2.45) is 5.92 Å². The highest BCUT2D eigenvalue weighted by Crippen LogP contribution is 2.13. The topological polar surface area (TPSA) is 81.7 Å². The monoisotopic (exact) mass is 321 g/mol. The van der Waals surface area contributed by atoms with Crippen molar-refractivity contribution >= 4 is 11.9 Å². The number of hydrogen-bond donors (Lipinski definition) is 3. The Bertz CT molecular complexity index is 491. The second-order valence-corrected chi connectivity index (χ2v) is 5.80. The molecule has 0 aliphatic heterocycles. The molecule has 0 heterocycles. The molecule has 0 saturated heterocycles. The molecule has 1 aromatic rings. The molecular formula is C17H27N3O3. The highest BCUT2D eigenvalue weighted by Gasteiger charge is 2.24. The standard InChI is InChI=1S/C17H27N3O3/c1-13(2)9-10-20(11-12-21)17(23)19-15(16(22)18-3)14-7-5-4-6-8-14/h4-8,13,15,21H,9-12H2,1-3H3,(H,18,22)(H,19,23)/t15-/m0/s1. The molecular weight excluding hydrogens is 294 g/mol. The SMILES string of the molecule is CNC(=O)[C@@H](NC(=O)N(CCO)CCC(C)C)c1ccccc1. The minimum absolute atomic E-state index is 0.110. The number of amides is 3. The molecule has 0 bridgehead atoms. The van der Waals surface area contributed by atoms with Gasteiger partial charge < -0.3 is 20.6 Å². The molecule has 0 saturated carbocycles. The van der Waals surface area contributed by atoms with Crippen molar-refractivity contribution in [3.8, 4) is 0 Å². The van der Waals surface area contributed by atoms with Crippen LogP contribution in [-0.2, 0) is 4.79 Å². The summed E-state index contributed by atoms with van der Waals surface area (Å²) in [7, 11) is 1.54. The predicted molar refractivity (Wildman–Crippen MR) is 89.9 cm³/mol. The summed E-state index contributed by atoms with van der Waals surface area (Å²) in [5, 5.41) is 14.5. The fraction of sp³-hybridized carbons (Fsp3) is 0.529. The first kappa shape index (κ1) is 19.0. The van der Waals surface area contributed by atoms with Crippen LogP contribution in [0, 0.1) is 5.92 Å². The summed E-state index contributed by atoms with van der Waals surface area (Å²) in [6.45, 7) is 4.83. The number of aliphatic hydroxyl groups excluding tert-OH is 1. The van der Waals surface area contributed by atoms with E-state index in [1.54, 1.807) is 17.0 Å². The Hall–Kier alpha value is -2.08. The highest BCUT2D eigenvalue weighted by molar-refractivity contribution is 5.88. The average molecular weight is 321 g/mol. The van der Waals surface area contributed by atoms with E-state index in [2.05, 4.69) is 24.5 Å². The van der Waals surface area contributed by atoms with E-state index in [9.17, 15) is 9.59 Å². The summed E-state index contributed by atoms with van der Waals surface area (Å²) in [4.78, 5) is 26.1. The van der Waals surface area contributed by atoms with Gasteiger partial charge >= 0.3 is 6.03 Å². The Morgan fingerprint density at radius 1 is 1.17 bits per heavy atom. The van der Waals surface area contributed by atoms with Gasteiger partial charge in [0.2, 0.25) is 5.91 Å². The highest BCUT2D eigenvalue weighted by atomic mass is 16.3. The Morgan fingerprint density at radius 3 is 2.35 bits per heavy atom.